The second-order valence-corrected chi connectivity index (χ2v) is 17.8. The molecule has 0 spiro atoms. The molecule has 1 unspecified atom stereocenters. The van der Waals surface area contributed by atoms with Gasteiger partial charge in [-0.2, -0.15) is 10.4 Å². The molecule has 220 valence electrons. The predicted octanol–water partition coefficient (Wildman–Crippen LogP) is 5.04. The van der Waals surface area contributed by atoms with E-state index in [-0.39, 0.29) is 24.4 Å². The minimum absolute atomic E-state index is 0.108. The van der Waals surface area contributed by atoms with Crippen LogP contribution in [-0.2, 0) is 27.5 Å². The van der Waals surface area contributed by atoms with E-state index < -0.39 is 20.0 Å². The second-order valence-electron chi connectivity index (χ2n) is 12.1. The Balaban J connectivity index is 1.60. The van der Waals surface area contributed by atoms with Gasteiger partial charge in [-0.1, -0.05) is 31.8 Å². The number of methoxy groups -OCH3 is 1. The van der Waals surface area contributed by atoms with Gasteiger partial charge in [0.1, 0.15) is 36.0 Å². The average molecular weight is 588 g/mol. The van der Waals surface area contributed by atoms with Crippen LogP contribution in [0, 0.1) is 17.2 Å². The first-order chi connectivity index (χ1) is 20.1. The zero-order valence-corrected chi connectivity index (χ0v) is 25.8. The molecule has 0 aliphatic heterocycles. The van der Waals surface area contributed by atoms with Gasteiger partial charge in [0.05, 0.1) is 42.4 Å². The lowest BCUT2D eigenvalue weighted by Crippen LogP contribution is -2.26. The summed E-state index contributed by atoms with van der Waals surface area (Å²) in [6.45, 7) is 10.2. The minimum Gasteiger partial charge on any atom is -0.492 e. The van der Waals surface area contributed by atoms with Crippen molar-refractivity contribution in [1.29, 1.82) is 5.26 Å². The molecular weight excluding hydrogens is 550 g/mol. The number of fused-ring (bicyclic) bond motifs is 2. The molecule has 42 heavy (non-hydrogen) atoms. The van der Waals surface area contributed by atoms with E-state index >= 15 is 0 Å². The van der Waals surface area contributed by atoms with Crippen molar-refractivity contribution >= 4 is 36.0 Å². The highest BCUT2D eigenvalue weighted by Crippen LogP contribution is 2.32. The highest BCUT2D eigenvalue weighted by atomic mass is 28.3. The standard InChI is InChI=1S/C31H37N5O5Si/c1-20(31(38)39-2)29-30(37)23-8-6-7-9-25(23)36(34-29)17-28-33-24-14-22(16-32)27(41-18-21-10-11-21)15-26(24)35(28)19-40-12-13-42(3,4)5/h6-9,14-15,20-21H,10-13,17-19H2,1-5H3. The lowest BCUT2D eigenvalue weighted by Gasteiger charge is -2.17. The first-order valence-electron chi connectivity index (χ1n) is 14.3. The van der Waals surface area contributed by atoms with Crippen molar-refractivity contribution in [3.05, 3.63) is 63.7 Å². The van der Waals surface area contributed by atoms with E-state index in [2.05, 4.69) is 30.8 Å². The van der Waals surface area contributed by atoms with Crippen LogP contribution >= 0.6 is 0 Å². The maximum atomic E-state index is 13.3. The molecule has 0 amide bonds. The van der Waals surface area contributed by atoms with Gasteiger partial charge in [-0.3, -0.25) is 14.3 Å². The van der Waals surface area contributed by atoms with Gasteiger partial charge < -0.3 is 18.8 Å². The number of benzene rings is 2. The molecule has 0 radical (unpaired) electrons. The van der Waals surface area contributed by atoms with Gasteiger partial charge in [-0.05, 0) is 49.9 Å². The van der Waals surface area contributed by atoms with Crippen molar-refractivity contribution in [3.63, 3.8) is 0 Å². The van der Waals surface area contributed by atoms with Gasteiger partial charge in [-0.25, -0.2) is 4.98 Å². The number of aromatic nitrogens is 4. The Morgan fingerprint density at radius 2 is 1.95 bits per heavy atom. The van der Waals surface area contributed by atoms with E-state index in [4.69, 9.17) is 19.2 Å². The minimum atomic E-state index is -1.30. The Hall–Kier alpha value is -4.01. The molecule has 0 bridgehead atoms. The van der Waals surface area contributed by atoms with Crippen LogP contribution in [0.4, 0.5) is 0 Å². The summed E-state index contributed by atoms with van der Waals surface area (Å²) in [7, 11) is -0.00480. The van der Waals surface area contributed by atoms with E-state index in [1.807, 2.05) is 22.8 Å². The summed E-state index contributed by atoms with van der Waals surface area (Å²) < 4.78 is 20.8. The summed E-state index contributed by atoms with van der Waals surface area (Å²) in [4.78, 5) is 30.6. The van der Waals surface area contributed by atoms with E-state index in [9.17, 15) is 14.9 Å². The van der Waals surface area contributed by atoms with Crippen LogP contribution in [0.1, 0.15) is 42.8 Å². The fraction of sp³-hybridized carbons (Fsp3) is 0.452. The molecule has 4 aromatic rings. The summed E-state index contributed by atoms with van der Waals surface area (Å²) in [5.74, 6) is 0.338. The largest absolute Gasteiger partial charge is 0.492 e. The first kappa shape index (κ1) is 29.5. The van der Waals surface area contributed by atoms with Crippen molar-refractivity contribution in [2.24, 2.45) is 5.92 Å². The lowest BCUT2D eigenvalue weighted by molar-refractivity contribution is -0.142. The van der Waals surface area contributed by atoms with Gasteiger partial charge in [0.2, 0.25) is 5.43 Å². The van der Waals surface area contributed by atoms with Crippen LogP contribution in [0.2, 0.25) is 25.7 Å². The SMILES string of the molecule is COC(=O)C(C)c1nn(Cc2nc3cc(C#N)c(OCC4CC4)cc3n2COCC[Si](C)(C)C)c2ccccc2c1=O. The van der Waals surface area contributed by atoms with Crippen molar-refractivity contribution in [2.75, 3.05) is 20.3 Å². The Labute approximate surface area is 245 Å². The van der Waals surface area contributed by atoms with Crippen LogP contribution in [-0.4, -0.2) is 53.7 Å². The first-order valence-corrected chi connectivity index (χ1v) is 18.0. The number of hydrogen-bond donors (Lipinski definition) is 0. The summed E-state index contributed by atoms with van der Waals surface area (Å²) in [6, 6.07) is 14.1. The summed E-state index contributed by atoms with van der Waals surface area (Å²) in [6.07, 6.45) is 2.29. The highest BCUT2D eigenvalue weighted by molar-refractivity contribution is 6.76. The molecule has 1 saturated carbocycles. The molecule has 0 N–H and O–H groups in total. The number of esters is 1. The third-order valence-electron chi connectivity index (χ3n) is 7.58. The highest BCUT2D eigenvalue weighted by Gasteiger charge is 2.25. The number of carbonyl (C=O) groups is 1. The van der Waals surface area contributed by atoms with Gasteiger partial charge in [0.15, 0.2) is 0 Å². The Kier molecular flexibility index (Phi) is 8.47. The Morgan fingerprint density at radius 1 is 1.19 bits per heavy atom. The maximum absolute atomic E-state index is 13.3. The summed E-state index contributed by atoms with van der Waals surface area (Å²) in [5, 5.41) is 14.9. The van der Waals surface area contributed by atoms with Crippen LogP contribution in [0.15, 0.2) is 41.2 Å². The van der Waals surface area contributed by atoms with Gasteiger partial charge in [0, 0.05) is 26.1 Å². The van der Waals surface area contributed by atoms with Crippen LogP contribution < -0.4 is 10.2 Å². The van der Waals surface area contributed by atoms with Gasteiger partial charge >= 0.3 is 5.97 Å². The van der Waals surface area contributed by atoms with Crippen molar-refractivity contribution in [2.45, 2.75) is 64.6 Å². The Morgan fingerprint density at radius 3 is 2.64 bits per heavy atom. The molecule has 1 aliphatic rings. The van der Waals surface area contributed by atoms with E-state index in [1.54, 1.807) is 29.8 Å². The fourth-order valence-electron chi connectivity index (χ4n) is 4.78. The second kappa shape index (κ2) is 12.1. The third-order valence-corrected chi connectivity index (χ3v) is 9.29. The maximum Gasteiger partial charge on any atom is 0.314 e. The monoisotopic (exact) mass is 587 g/mol. The number of ether oxygens (including phenoxy) is 3. The van der Waals surface area contributed by atoms with Crippen LogP contribution in [0.5, 0.6) is 5.75 Å². The number of carbonyl (C=O) groups excluding carboxylic acids is 1. The number of hydrogen-bond acceptors (Lipinski definition) is 8. The number of nitrogens with zero attached hydrogens (tertiary/aromatic N) is 5. The van der Waals surface area contributed by atoms with Crippen LogP contribution in [0.25, 0.3) is 21.9 Å². The molecule has 0 saturated heterocycles. The van der Waals surface area contributed by atoms with Gasteiger partial charge in [-0.15, -0.1) is 0 Å². The molecule has 1 fully saturated rings. The van der Waals surface area contributed by atoms with Crippen molar-refractivity contribution in [3.8, 4) is 11.8 Å². The molecule has 10 nitrogen and oxygen atoms in total. The smallest absolute Gasteiger partial charge is 0.314 e. The zero-order valence-electron chi connectivity index (χ0n) is 24.8. The van der Waals surface area contributed by atoms with Crippen molar-refractivity contribution in [1.82, 2.24) is 19.3 Å². The number of nitriles is 1. The molecule has 2 aromatic carbocycles. The molecule has 5 rings (SSSR count). The van der Waals surface area contributed by atoms with E-state index in [0.29, 0.717) is 52.7 Å². The molecular formula is C31H37N5O5Si. The summed E-state index contributed by atoms with van der Waals surface area (Å²) in [5.41, 5.74) is 2.28. The number of rotatable bonds is 12. The van der Waals surface area contributed by atoms with E-state index in [1.165, 1.54) is 7.11 Å². The van der Waals surface area contributed by atoms with Gasteiger partial charge in [0.25, 0.3) is 0 Å². The molecule has 1 aliphatic carbocycles. The third kappa shape index (κ3) is 6.40. The molecule has 2 aromatic heterocycles. The molecule has 1 atom stereocenters. The predicted molar refractivity (Wildman–Crippen MR) is 162 cm³/mol. The van der Waals surface area contributed by atoms with Crippen LogP contribution in [0.3, 0.4) is 0 Å². The summed E-state index contributed by atoms with van der Waals surface area (Å²) >= 11 is 0. The van der Waals surface area contributed by atoms with E-state index in [0.717, 1.165) is 24.4 Å². The zero-order chi connectivity index (χ0) is 30.0. The quantitative estimate of drug-likeness (QED) is 0.128. The topological polar surface area (TPSA) is 121 Å². The lowest BCUT2D eigenvalue weighted by atomic mass is 10.1. The van der Waals surface area contributed by atoms with Crippen molar-refractivity contribution < 1.29 is 19.0 Å². The molecule has 2 heterocycles. The Bertz CT molecular complexity index is 1730. The number of imidazole rings is 1. The average Bonchev–Trinajstić information content (AvgIpc) is 3.75. The normalized spacial score (nSPS) is 14.2. The fourth-order valence-corrected chi connectivity index (χ4v) is 5.54. The molecule has 11 heteroatoms. The number of para-hydroxylation sites is 1.